The Morgan fingerprint density at radius 1 is 1.42 bits per heavy atom. The minimum Gasteiger partial charge on any atom is -0.496 e. The van der Waals surface area contributed by atoms with E-state index in [-0.39, 0.29) is 12.6 Å². The maximum absolute atomic E-state index is 12.0. The molecule has 1 rings (SSSR count). The minimum absolute atomic E-state index is 0.111. The summed E-state index contributed by atoms with van der Waals surface area (Å²) in [4.78, 5) is 0. The number of benzene rings is 1. The third kappa shape index (κ3) is 4.09. The number of hydrogen-bond acceptors (Lipinski definition) is 4. The fraction of sp³-hybridized carbons (Fsp3) is 0.500. The molecule has 0 fully saturated rings. The van der Waals surface area contributed by atoms with Gasteiger partial charge in [0.25, 0.3) is 10.2 Å². The third-order valence-electron chi connectivity index (χ3n) is 2.86. The van der Waals surface area contributed by atoms with Gasteiger partial charge in [0.15, 0.2) is 0 Å². The second kappa shape index (κ2) is 6.23. The van der Waals surface area contributed by atoms with Crippen molar-refractivity contribution in [3.8, 4) is 5.75 Å². The summed E-state index contributed by atoms with van der Waals surface area (Å²) >= 11 is 0. The Kier molecular flexibility index (Phi) is 5.16. The number of ether oxygens (including phenoxy) is 1. The van der Waals surface area contributed by atoms with Crippen LogP contribution in [0, 0.1) is 0 Å². The van der Waals surface area contributed by atoms with Crippen LogP contribution in [0.5, 0.6) is 5.75 Å². The Hall–Kier alpha value is -1.31. The molecule has 0 saturated carbocycles. The first kappa shape index (κ1) is 15.7. The van der Waals surface area contributed by atoms with Crippen LogP contribution in [0.2, 0.25) is 0 Å². The first-order valence-corrected chi connectivity index (χ1v) is 7.37. The molecule has 6 nitrogen and oxygen atoms in total. The first-order chi connectivity index (χ1) is 8.77. The smallest absolute Gasteiger partial charge is 0.279 e. The summed E-state index contributed by atoms with van der Waals surface area (Å²) in [6, 6.07) is 5.00. The van der Waals surface area contributed by atoms with Crippen molar-refractivity contribution in [2.24, 2.45) is 0 Å². The summed E-state index contributed by atoms with van der Waals surface area (Å²) in [5.41, 5.74) is 6.95. The van der Waals surface area contributed by atoms with Gasteiger partial charge in [-0.25, -0.2) is 0 Å². The summed E-state index contributed by atoms with van der Waals surface area (Å²) in [5, 5.41) is 0. The van der Waals surface area contributed by atoms with Gasteiger partial charge in [-0.15, -0.1) is 0 Å². The molecule has 0 saturated heterocycles. The van der Waals surface area contributed by atoms with Gasteiger partial charge in [0.05, 0.1) is 7.11 Å². The van der Waals surface area contributed by atoms with E-state index < -0.39 is 10.2 Å². The lowest BCUT2D eigenvalue weighted by atomic mass is 10.2. The molecular formula is C12H21N3O3S. The Bertz CT molecular complexity index is 529. The van der Waals surface area contributed by atoms with E-state index in [1.54, 1.807) is 32.0 Å². The van der Waals surface area contributed by atoms with Crippen molar-refractivity contribution < 1.29 is 13.2 Å². The van der Waals surface area contributed by atoms with Gasteiger partial charge in [-0.05, 0) is 32.0 Å². The largest absolute Gasteiger partial charge is 0.496 e. The van der Waals surface area contributed by atoms with Crippen molar-refractivity contribution in [2.45, 2.75) is 26.4 Å². The van der Waals surface area contributed by atoms with E-state index in [0.29, 0.717) is 17.0 Å². The first-order valence-electron chi connectivity index (χ1n) is 5.93. The van der Waals surface area contributed by atoms with Gasteiger partial charge in [-0.2, -0.15) is 17.4 Å². The summed E-state index contributed by atoms with van der Waals surface area (Å²) in [7, 11) is -0.446. The van der Waals surface area contributed by atoms with E-state index >= 15 is 0 Å². The SMILES string of the molecule is COc1ccc(N)cc1CNS(=O)(=O)N(C)C(C)C. The van der Waals surface area contributed by atoms with E-state index in [1.165, 1.54) is 18.5 Å². The van der Waals surface area contributed by atoms with E-state index in [4.69, 9.17) is 10.5 Å². The fourth-order valence-corrected chi connectivity index (χ4v) is 2.58. The highest BCUT2D eigenvalue weighted by molar-refractivity contribution is 7.87. The number of rotatable bonds is 6. The van der Waals surface area contributed by atoms with Crippen molar-refractivity contribution in [3.63, 3.8) is 0 Å². The number of anilines is 1. The Morgan fingerprint density at radius 2 is 2.05 bits per heavy atom. The van der Waals surface area contributed by atoms with Crippen LogP contribution in [-0.4, -0.2) is 32.9 Å². The van der Waals surface area contributed by atoms with Crippen LogP contribution in [0.25, 0.3) is 0 Å². The minimum atomic E-state index is -3.51. The molecule has 0 aliphatic heterocycles. The quantitative estimate of drug-likeness (QED) is 0.763. The summed E-state index contributed by atoms with van der Waals surface area (Å²) < 4.78 is 32.9. The van der Waals surface area contributed by atoms with Gasteiger partial charge in [0, 0.05) is 30.9 Å². The van der Waals surface area contributed by atoms with Crippen LogP contribution in [-0.2, 0) is 16.8 Å². The molecule has 0 atom stereocenters. The molecule has 0 aliphatic rings. The lowest BCUT2D eigenvalue weighted by Gasteiger charge is -2.21. The van der Waals surface area contributed by atoms with E-state index in [2.05, 4.69) is 4.72 Å². The zero-order valence-corrected chi connectivity index (χ0v) is 12.5. The second-order valence-corrected chi connectivity index (χ2v) is 6.32. The van der Waals surface area contributed by atoms with Crippen LogP contribution in [0.15, 0.2) is 18.2 Å². The predicted octanol–water partition coefficient (Wildman–Crippen LogP) is 0.952. The average molecular weight is 287 g/mol. The third-order valence-corrected chi connectivity index (χ3v) is 4.54. The summed E-state index contributed by atoms with van der Waals surface area (Å²) in [6.07, 6.45) is 0. The Morgan fingerprint density at radius 3 is 2.58 bits per heavy atom. The van der Waals surface area contributed by atoms with Crippen molar-refractivity contribution >= 4 is 15.9 Å². The number of nitrogens with two attached hydrogens (primary N) is 1. The summed E-state index contributed by atoms with van der Waals surface area (Å²) in [6.45, 7) is 3.74. The number of nitrogens with zero attached hydrogens (tertiary/aromatic N) is 1. The van der Waals surface area contributed by atoms with Crippen molar-refractivity contribution in [1.82, 2.24) is 9.03 Å². The van der Waals surface area contributed by atoms with E-state index in [1.807, 2.05) is 0 Å². The lowest BCUT2D eigenvalue weighted by Crippen LogP contribution is -2.41. The van der Waals surface area contributed by atoms with E-state index in [9.17, 15) is 8.42 Å². The molecule has 0 aliphatic carbocycles. The number of nitrogen functional groups attached to an aromatic ring is 1. The molecule has 7 heteroatoms. The molecule has 0 aromatic heterocycles. The second-order valence-electron chi connectivity index (χ2n) is 4.51. The van der Waals surface area contributed by atoms with Crippen molar-refractivity contribution in [1.29, 1.82) is 0 Å². The highest BCUT2D eigenvalue weighted by Gasteiger charge is 2.20. The van der Waals surface area contributed by atoms with Gasteiger partial charge in [0.1, 0.15) is 5.75 Å². The van der Waals surface area contributed by atoms with Crippen LogP contribution in [0.1, 0.15) is 19.4 Å². The standard InChI is InChI=1S/C12H21N3O3S/c1-9(2)15(3)19(16,17)14-8-10-7-11(13)5-6-12(10)18-4/h5-7,9,14H,8,13H2,1-4H3. The Balaban J connectivity index is 2.85. The predicted molar refractivity (Wildman–Crippen MR) is 76.1 cm³/mol. The lowest BCUT2D eigenvalue weighted by molar-refractivity contribution is 0.398. The topological polar surface area (TPSA) is 84.7 Å². The molecule has 19 heavy (non-hydrogen) atoms. The van der Waals surface area contributed by atoms with E-state index in [0.717, 1.165) is 0 Å². The van der Waals surface area contributed by atoms with Crippen LogP contribution < -0.4 is 15.2 Å². The summed E-state index contributed by atoms with van der Waals surface area (Å²) in [5.74, 6) is 0.601. The number of methoxy groups -OCH3 is 1. The molecule has 0 spiro atoms. The molecule has 108 valence electrons. The van der Waals surface area contributed by atoms with Gasteiger partial charge in [0.2, 0.25) is 0 Å². The molecule has 0 unspecified atom stereocenters. The van der Waals surface area contributed by atoms with Gasteiger partial charge >= 0.3 is 0 Å². The highest BCUT2D eigenvalue weighted by Crippen LogP contribution is 2.21. The molecule has 1 aromatic rings. The number of hydrogen-bond donors (Lipinski definition) is 2. The van der Waals surface area contributed by atoms with Gasteiger partial charge in [-0.3, -0.25) is 0 Å². The number of nitrogens with one attached hydrogen (secondary N) is 1. The Labute approximate surface area is 114 Å². The highest BCUT2D eigenvalue weighted by atomic mass is 32.2. The zero-order valence-electron chi connectivity index (χ0n) is 11.7. The zero-order chi connectivity index (χ0) is 14.6. The molecule has 0 heterocycles. The normalized spacial score (nSPS) is 12.1. The van der Waals surface area contributed by atoms with Crippen LogP contribution in [0.3, 0.4) is 0 Å². The molecule has 0 radical (unpaired) electrons. The molecule has 0 amide bonds. The molecular weight excluding hydrogens is 266 g/mol. The fourth-order valence-electron chi connectivity index (χ4n) is 1.48. The molecule has 0 bridgehead atoms. The molecule has 3 N–H and O–H groups in total. The van der Waals surface area contributed by atoms with Crippen LogP contribution in [0.4, 0.5) is 5.69 Å². The van der Waals surface area contributed by atoms with Crippen LogP contribution >= 0.6 is 0 Å². The average Bonchev–Trinajstić information content (AvgIpc) is 2.35. The monoisotopic (exact) mass is 287 g/mol. The maximum atomic E-state index is 12.0. The maximum Gasteiger partial charge on any atom is 0.279 e. The van der Waals surface area contributed by atoms with Gasteiger partial charge < -0.3 is 10.5 Å². The van der Waals surface area contributed by atoms with Crippen molar-refractivity contribution in [2.75, 3.05) is 19.9 Å². The molecule has 1 aromatic carbocycles. The van der Waals surface area contributed by atoms with Gasteiger partial charge in [-0.1, -0.05) is 0 Å². The van der Waals surface area contributed by atoms with Crippen molar-refractivity contribution in [3.05, 3.63) is 23.8 Å².